The molecule has 0 spiro atoms. The van der Waals surface area contributed by atoms with Crippen LogP contribution in [0.25, 0.3) is 11.4 Å². The summed E-state index contributed by atoms with van der Waals surface area (Å²) in [6, 6.07) is 16.3. The molecular formula is C22H33N3O. The van der Waals surface area contributed by atoms with Crippen molar-refractivity contribution in [3.8, 4) is 0 Å². The molecule has 2 aromatic carbocycles. The van der Waals surface area contributed by atoms with Gasteiger partial charge in [-0.25, -0.2) is 5.84 Å². The second kappa shape index (κ2) is 10.6. The highest BCUT2D eigenvalue weighted by Gasteiger charge is 2.25. The Morgan fingerprint density at radius 3 is 2.04 bits per heavy atom. The summed E-state index contributed by atoms with van der Waals surface area (Å²) in [6.07, 6.45) is 0.756. The Hall–Kier alpha value is -2.30. The first-order valence-corrected chi connectivity index (χ1v) is 9.32. The van der Waals surface area contributed by atoms with Crippen LogP contribution in [0.15, 0.2) is 48.5 Å². The highest BCUT2D eigenvalue weighted by Crippen LogP contribution is 2.36. The van der Waals surface area contributed by atoms with E-state index in [1.54, 1.807) is 12.1 Å². The highest BCUT2D eigenvalue weighted by molar-refractivity contribution is 5.90. The van der Waals surface area contributed by atoms with Crippen LogP contribution < -0.4 is 11.6 Å². The number of rotatable bonds is 2. The van der Waals surface area contributed by atoms with E-state index in [2.05, 4.69) is 12.1 Å². The van der Waals surface area contributed by atoms with Crippen LogP contribution in [0, 0.1) is 0 Å². The van der Waals surface area contributed by atoms with Crippen molar-refractivity contribution in [2.24, 2.45) is 11.6 Å². The van der Waals surface area contributed by atoms with Gasteiger partial charge in [-0.1, -0.05) is 76.2 Å². The van der Waals surface area contributed by atoms with E-state index in [0.717, 1.165) is 28.8 Å². The first-order valence-electron chi connectivity index (χ1n) is 9.32. The van der Waals surface area contributed by atoms with Gasteiger partial charge in [0.15, 0.2) is 0 Å². The molecular weight excluding hydrogens is 322 g/mol. The van der Waals surface area contributed by atoms with E-state index in [-0.39, 0.29) is 6.10 Å². The average Bonchev–Trinajstić information content (AvgIpc) is 2.69. The van der Waals surface area contributed by atoms with Crippen LogP contribution in [-0.2, 0) is 11.2 Å². The molecule has 0 saturated carbocycles. The summed E-state index contributed by atoms with van der Waals surface area (Å²) in [6.45, 7) is 8.00. The van der Waals surface area contributed by atoms with Crippen molar-refractivity contribution < 1.29 is 4.74 Å². The van der Waals surface area contributed by atoms with Crippen molar-refractivity contribution >= 4 is 11.4 Å². The fraction of sp³-hybridized carbons (Fsp3) is 0.364. The Labute approximate surface area is 158 Å². The maximum atomic E-state index is 6.48. The second-order valence-electron chi connectivity index (χ2n) is 5.55. The Kier molecular flexibility index (Phi) is 8.90. The summed E-state index contributed by atoms with van der Waals surface area (Å²) in [5, 5.41) is 1.59. The third-order valence-electron chi connectivity index (χ3n) is 4.17. The number of fused-ring (bicyclic) bond motifs is 2. The van der Waals surface area contributed by atoms with Gasteiger partial charge < -0.3 is 15.5 Å². The lowest BCUT2D eigenvalue weighted by Crippen LogP contribution is -2.29. The summed E-state index contributed by atoms with van der Waals surface area (Å²) in [7, 11) is 3.55. The zero-order valence-electron chi connectivity index (χ0n) is 16.9. The number of hydrogen-bond donors (Lipinski definition) is 2. The van der Waals surface area contributed by atoms with Gasteiger partial charge in [-0.2, -0.15) is 0 Å². The fourth-order valence-corrected chi connectivity index (χ4v) is 3.13. The van der Waals surface area contributed by atoms with Gasteiger partial charge in [-0.3, -0.25) is 0 Å². The van der Waals surface area contributed by atoms with E-state index >= 15 is 0 Å². The largest absolute Gasteiger partial charge is 0.396 e. The summed E-state index contributed by atoms with van der Waals surface area (Å²) in [5.74, 6) is 6.09. The van der Waals surface area contributed by atoms with Gasteiger partial charge in [0, 0.05) is 31.7 Å². The van der Waals surface area contributed by atoms with Crippen LogP contribution in [0.2, 0.25) is 0 Å². The molecule has 0 aliphatic heterocycles. The molecule has 1 atom stereocenters. The SMILES string of the molecule is CC.CC.COC1Cc2ccccc2/C(N)=C(/N(C)N)c2ccccc21. The molecule has 26 heavy (non-hydrogen) atoms. The third kappa shape index (κ3) is 4.45. The summed E-state index contributed by atoms with van der Waals surface area (Å²) in [5.41, 5.74) is 12.3. The summed E-state index contributed by atoms with van der Waals surface area (Å²) < 4.78 is 5.75. The minimum Gasteiger partial charge on any atom is -0.396 e. The number of benzene rings is 2. The lowest BCUT2D eigenvalue weighted by Gasteiger charge is -2.29. The zero-order chi connectivity index (χ0) is 19.7. The van der Waals surface area contributed by atoms with Crippen LogP contribution in [-0.4, -0.2) is 19.2 Å². The molecule has 142 valence electrons. The maximum absolute atomic E-state index is 6.48. The van der Waals surface area contributed by atoms with Crippen molar-refractivity contribution in [3.05, 3.63) is 70.8 Å². The predicted molar refractivity (Wildman–Crippen MR) is 112 cm³/mol. The maximum Gasteiger partial charge on any atom is 0.0868 e. The van der Waals surface area contributed by atoms with Gasteiger partial charge in [0.05, 0.1) is 17.5 Å². The molecule has 4 heteroatoms. The summed E-state index contributed by atoms with van der Waals surface area (Å²) in [4.78, 5) is 0. The molecule has 0 aromatic heterocycles. The monoisotopic (exact) mass is 355 g/mol. The smallest absolute Gasteiger partial charge is 0.0868 e. The molecule has 2 aromatic rings. The fourth-order valence-electron chi connectivity index (χ4n) is 3.13. The number of nitrogens with zero attached hydrogens (tertiary/aromatic N) is 1. The van der Waals surface area contributed by atoms with Crippen LogP contribution in [0.3, 0.4) is 0 Å². The van der Waals surface area contributed by atoms with E-state index in [4.69, 9.17) is 16.3 Å². The van der Waals surface area contributed by atoms with Gasteiger partial charge >= 0.3 is 0 Å². The van der Waals surface area contributed by atoms with Gasteiger partial charge in [-0.15, -0.1) is 0 Å². The molecule has 0 saturated heterocycles. The van der Waals surface area contributed by atoms with Crippen LogP contribution in [0.5, 0.6) is 0 Å². The normalized spacial score (nSPS) is 17.9. The van der Waals surface area contributed by atoms with Crippen LogP contribution >= 0.6 is 0 Å². The van der Waals surface area contributed by atoms with Gasteiger partial charge in [0.25, 0.3) is 0 Å². The molecule has 0 heterocycles. The quantitative estimate of drug-likeness (QED) is 0.612. The molecule has 0 fully saturated rings. The molecule has 0 bridgehead atoms. The molecule has 1 aliphatic carbocycles. The number of nitrogens with two attached hydrogens (primary N) is 2. The molecule has 4 N–H and O–H groups in total. The summed E-state index contributed by atoms with van der Waals surface area (Å²) >= 11 is 0. The number of methoxy groups -OCH3 is 1. The van der Waals surface area contributed by atoms with Crippen molar-refractivity contribution in [1.29, 1.82) is 0 Å². The Bertz CT molecular complexity index is 723. The Morgan fingerprint density at radius 1 is 0.923 bits per heavy atom. The molecule has 0 amide bonds. The molecule has 1 aliphatic rings. The highest BCUT2D eigenvalue weighted by atomic mass is 16.5. The molecule has 4 nitrogen and oxygen atoms in total. The van der Waals surface area contributed by atoms with Crippen LogP contribution in [0.1, 0.15) is 56.1 Å². The van der Waals surface area contributed by atoms with E-state index in [1.165, 1.54) is 5.56 Å². The topological polar surface area (TPSA) is 64.5 Å². The first-order chi connectivity index (χ1) is 12.6. The van der Waals surface area contributed by atoms with E-state index in [0.29, 0.717) is 5.70 Å². The van der Waals surface area contributed by atoms with Crippen molar-refractivity contribution in [1.82, 2.24) is 5.01 Å². The molecule has 3 rings (SSSR count). The predicted octanol–water partition coefficient (Wildman–Crippen LogP) is 4.57. The van der Waals surface area contributed by atoms with Crippen molar-refractivity contribution in [3.63, 3.8) is 0 Å². The number of hydrogen-bond acceptors (Lipinski definition) is 4. The van der Waals surface area contributed by atoms with Crippen LogP contribution in [0.4, 0.5) is 0 Å². The molecule has 0 radical (unpaired) electrons. The van der Waals surface area contributed by atoms with Gasteiger partial charge in [0.2, 0.25) is 0 Å². The number of hydrazine groups is 1. The van der Waals surface area contributed by atoms with Crippen molar-refractivity contribution in [2.45, 2.75) is 40.2 Å². The minimum absolute atomic E-state index is 0.0274. The Balaban J connectivity index is 0.000000791. The van der Waals surface area contributed by atoms with Gasteiger partial charge in [-0.05, 0) is 11.1 Å². The standard InChI is InChI=1S/C18H21N3O.2C2H6/c1-21(20)18-15-10-6-5-9-14(15)16(22-2)11-12-7-3-4-8-13(12)17(18)19;2*1-2/h3-10,16H,11,19-20H2,1-2H3;2*1-2H3/b18-17-;;. The molecule has 1 unspecified atom stereocenters. The zero-order valence-corrected chi connectivity index (χ0v) is 16.9. The van der Waals surface area contributed by atoms with Crippen molar-refractivity contribution in [2.75, 3.05) is 14.2 Å². The van der Waals surface area contributed by atoms with Gasteiger partial charge in [0.1, 0.15) is 0 Å². The average molecular weight is 356 g/mol. The number of ether oxygens (including phenoxy) is 1. The lowest BCUT2D eigenvalue weighted by atomic mass is 9.88. The van der Waals surface area contributed by atoms with E-state index in [1.807, 2.05) is 71.1 Å². The second-order valence-corrected chi connectivity index (χ2v) is 5.55. The van der Waals surface area contributed by atoms with E-state index < -0.39 is 0 Å². The Morgan fingerprint density at radius 2 is 1.46 bits per heavy atom. The minimum atomic E-state index is -0.0274. The first kappa shape index (κ1) is 21.7. The lowest BCUT2D eigenvalue weighted by molar-refractivity contribution is 0.103. The van der Waals surface area contributed by atoms with E-state index in [9.17, 15) is 0 Å². The third-order valence-corrected chi connectivity index (χ3v) is 4.17.